The van der Waals surface area contributed by atoms with Gasteiger partial charge in [-0.15, -0.1) is 0 Å². The molecule has 3 heteroatoms. The van der Waals surface area contributed by atoms with Crippen molar-refractivity contribution in [3.05, 3.63) is 64.7 Å². The summed E-state index contributed by atoms with van der Waals surface area (Å²) in [6.45, 7) is 4.05. The number of rotatable bonds is 3. The van der Waals surface area contributed by atoms with Gasteiger partial charge in [0.25, 0.3) is 5.91 Å². The van der Waals surface area contributed by atoms with E-state index < -0.39 is 0 Å². The van der Waals surface area contributed by atoms with Crippen LogP contribution < -0.4 is 5.32 Å². The smallest absolute Gasteiger partial charge is 0.255 e. The fraction of sp³-hybridized carbons (Fsp3) is 0.188. The number of amides is 1. The second-order valence-electron chi connectivity index (χ2n) is 4.54. The molecule has 0 saturated carbocycles. The molecular weight excluding hydrogens is 302 g/mol. The predicted octanol–water partition coefficient (Wildman–Crippen LogP) is 4.45. The van der Waals surface area contributed by atoms with E-state index in [0.717, 1.165) is 22.1 Å². The Morgan fingerprint density at radius 3 is 2.63 bits per heavy atom. The first-order valence-electron chi connectivity index (χ1n) is 6.14. The van der Waals surface area contributed by atoms with Crippen molar-refractivity contribution in [1.82, 2.24) is 0 Å². The Morgan fingerprint density at radius 1 is 1.16 bits per heavy atom. The molecule has 2 nitrogen and oxygen atoms in total. The molecule has 2 aromatic rings. The minimum atomic E-state index is -0.0727. The number of nitrogens with one attached hydrogen (secondary N) is 1. The zero-order valence-electron chi connectivity index (χ0n) is 11.0. The summed E-state index contributed by atoms with van der Waals surface area (Å²) in [7, 11) is 0. The second-order valence-corrected chi connectivity index (χ2v) is 5.10. The highest BCUT2D eigenvalue weighted by atomic mass is 79.9. The van der Waals surface area contributed by atoms with Crippen molar-refractivity contribution in [2.24, 2.45) is 0 Å². The van der Waals surface area contributed by atoms with Gasteiger partial charge in [-0.3, -0.25) is 4.79 Å². The molecule has 1 amide bonds. The number of carbonyl (C=O) groups excluding carboxylic acids is 1. The van der Waals surface area contributed by atoms with E-state index in [1.165, 1.54) is 5.56 Å². The summed E-state index contributed by atoms with van der Waals surface area (Å²) in [4.78, 5) is 12.2. The van der Waals surface area contributed by atoms with E-state index in [2.05, 4.69) is 21.2 Å². The molecule has 0 atom stereocenters. The van der Waals surface area contributed by atoms with Gasteiger partial charge in [0.15, 0.2) is 0 Å². The third-order valence-electron chi connectivity index (χ3n) is 3.20. The summed E-state index contributed by atoms with van der Waals surface area (Å²) in [5.41, 5.74) is 4.92. The second kappa shape index (κ2) is 6.02. The van der Waals surface area contributed by atoms with E-state index >= 15 is 0 Å². The summed E-state index contributed by atoms with van der Waals surface area (Å²) < 4.78 is 0. The molecule has 0 radical (unpaired) electrons. The maximum atomic E-state index is 12.2. The van der Waals surface area contributed by atoms with Gasteiger partial charge < -0.3 is 5.32 Å². The normalized spacial score (nSPS) is 10.3. The molecule has 0 fully saturated rings. The molecule has 2 rings (SSSR count). The molecule has 0 aliphatic carbocycles. The number of halogens is 1. The van der Waals surface area contributed by atoms with Crippen LogP contribution in [0.3, 0.4) is 0 Å². The van der Waals surface area contributed by atoms with Gasteiger partial charge in [0.2, 0.25) is 0 Å². The van der Waals surface area contributed by atoms with Crippen LogP contribution in [0.2, 0.25) is 0 Å². The van der Waals surface area contributed by atoms with E-state index in [4.69, 9.17) is 0 Å². The first-order valence-corrected chi connectivity index (χ1v) is 7.26. The maximum Gasteiger partial charge on any atom is 0.255 e. The Bertz CT molecular complexity index is 607. The van der Waals surface area contributed by atoms with Gasteiger partial charge in [-0.05, 0) is 48.7 Å². The first kappa shape index (κ1) is 13.8. The average Bonchev–Trinajstić information content (AvgIpc) is 2.44. The van der Waals surface area contributed by atoms with Gasteiger partial charge in [-0.2, -0.15) is 0 Å². The zero-order valence-corrected chi connectivity index (χ0v) is 12.6. The van der Waals surface area contributed by atoms with Crippen LogP contribution in [0.5, 0.6) is 0 Å². The number of aryl methyl sites for hydroxylation is 1. The molecule has 19 heavy (non-hydrogen) atoms. The average molecular weight is 318 g/mol. The van der Waals surface area contributed by atoms with Crippen LogP contribution >= 0.6 is 15.9 Å². The van der Waals surface area contributed by atoms with E-state index in [9.17, 15) is 4.79 Å². The van der Waals surface area contributed by atoms with Crippen LogP contribution in [0.25, 0.3) is 0 Å². The van der Waals surface area contributed by atoms with Gasteiger partial charge in [0.1, 0.15) is 0 Å². The molecule has 0 saturated heterocycles. The lowest BCUT2D eigenvalue weighted by molar-refractivity contribution is 0.102. The van der Waals surface area contributed by atoms with Crippen LogP contribution in [-0.2, 0) is 5.33 Å². The van der Waals surface area contributed by atoms with E-state index in [1.807, 2.05) is 56.3 Å². The van der Waals surface area contributed by atoms with Crippen molar-refractivity contribution in [3.63, 3.8) is 0 Å². The molecule has 0 unspecified atom stereocenters. The molecule has 0 aliphatic heterocycles. The Balaban J connectivity index is 2.23. The SMILES string of the molecule is Cc1cccc(NC(=O)c2cccc(CBr)c2)c1C. The fourth-order valence-electron chi connectivity index (χ4n) is 1.88. The highest BCUT2D eigenvalue weighted by Crippen LogP contribution is 2.19. The Hall–Kier alpha value is -1.61. The molecule has 1 N–H and O–H groups in total. The Morgan fingerprint density at radius 2 is 1.89 bits per heavy atom. The van der Waals surface area contributed by atoms with E-state index in [1.54, 1.807) is 0 Å². The monoisotopic (exact) mass is 317 g/mol. The number of anilines is 1. The van der Waals surface area contributed by atoms with Crippen molar-refractivity contribution in [3.8, 4) is 0 Å². The lowest BCUT2D eigenvalue weighted by Crippen LogP contribution is -2.13. The fourth-order valence-corrected chi connectivity index (χ4v) is 2.23. The van der Waals surface area contributed by atoms with Gasteiger partial charge in [-0.1, -0.05) is 40.2 Å². The zero-order chi connectivity index (χ0) is 13.8. The molecule has 0 bridgehead atoms. The quantitative estimate of drug-likeness (QED) is 0.832. The van der Waals surface area contributed by atoms with E-state index in [0.29, 0.717) is 5.56 Å². The van der Waals surface area contributed by atoms with Gasteiger partial charge in [-0.25, -0.2) is 0 Å². The number of benzene rings is 2. The summed E-state index contributed by atoms with van der Waals surface area (Å²) >= 11 is 3.40. The summed E-state index contributed by atoms with van der Waals surface area (Å²) in [6.07, 6.45) is 0. The van der Waals surface area contributed by atoms with Crippen LogP contribution in [-0.4, -0.2) is 5.91 Å². The van der Waals surface area contributed by atoms with Crippen LogP contribution in [0.1, 0.15) is 27.0 Å². The molecular formula is C16H16BrNO. The highest BCUT2D eigenvalue weighted by Gasteiger charge is 2.08. The third kappa shape index (κ3) is 3.24. The maximum absolute atomic E-state index is 12.2. The van der Waals surface area contributed by atoms with Crippen molar-refractivity contribution in [1.29, 1.82) is 0 Å². The summed E-state index contributed by atoms with van der Waals surface area (Å²) in [5.74, 6) is -0.0727. The van der Waals surface area contributed by atoms with Crippen LogP contribution in [0.4, 0.5) is 5.69 Å². The van der Waals surface area contributed by atoms with Gasteiger partial charge in [0, 0.05) is 16.6 Å². The molecule has 0 spiro atoms. The van der Waals surface area contributed by atoms with Crippen molar-refractivity contribution in [2.75, 3.05) is 5.32 Å². The highest BCUT2D eigenvalue weighted by molar-refractivity contribution is 9.08. The first-order chi connectivity index (χ1) is 9.11. The lowest BCUT2D eigenvalue weighted by atomic mass is 10.1. The standard InChI is InChI=1S/C16H16BrNO/c1-11-5-3-8-15(12(11)2)18-16(19)14-7-4-6-13(9-14)10-17/h3-9H,10H2,1-2H3,(H,18,19). The Kier molecular flexibility index (Phi) is 4.38. The predicted molar refractivity (Wildman–Crippen MR) is 82.9 cm³/mol. The molecule has 2 aromatic carbocycles. The van der Waals surface area contributed by atoms with Crippen molar-refractivity contribution in [2.45, 2.75) is 19.2 Å². The van der Waals surface area contributed by atoms with Crippen LogP contribution in [0, 0.1) is 13.8 Å². The number of carbonyl (C=O) groups is 1. The number of hydrogen-bond acceptors (Lipinski definition) is 1. The summed E-state index contributed by atoms with van der Waals surface area (Å²) in [6, 6.07) is 13.5. The van der Waals surface area contributed by atoms with E-state index in [-0.39, 0.29) is 5.91 Å². The number of alkyl halides is 1. The molecule has 0 heterocycles. The molecule has 0 aliphatic rings. The van der Waals surface area contributed by atoms with Gasteiger partial charge in [0.05, 0.1) is 0 Å². The molecule has 0 aromatic heterocycles. The topological polar surface area (TPSA) is 29.1 Å². The molecule has 98 valence electrons. The minimum Gasteiger partial charge on any atom is -0.322 e. The van der Waals surface area contributed by atoms with Crippen molar-refractivity contribution < 1.29 is 4.79 Å². The largest absolute Gasteiger partial charge is 0.322 e. The van der Waals surface area contributed by atoms with Crippen molar-refractivity contribution >= 4 is 27.5 Å². The lowest BCUT2D eigenvalue weighted by Gasteiger charge is -2.10. The Labute approximate surface area is 122 Å². The summed E-state index contributed by atoms with van der Waals surface area (Å²) in [5, 5.41) is 3.71. The van der Waals surface area contributed by atoms with Gasteiger partial charge >= 0.3 is 0 Å². The van der Waals surface area contributed by atoms with Crippen LogP contribution in [0.15, 0.2) is 42.5 Å². The third-order valence-corrected chi connectivity index (χ3v) is 3.84. The minimum absolute atomic E-state index is 0.0727. The number of hydrogen-bond donors (Lipinski definition) is 1.